The zero-order valence-electron chi connectivity index (χ0n) is 13.6. The van der Waals surface area contributed by atoms with Crippen LogP contribution in [0.4, 0.5) is 26.3 Å². The molecule has 1 fully saturated rings. The van der Waals surface area contributed by atoms with Gasteiger partial charge in [0.15, 0.2) is 0 Å². The molecule has 1 atom stereocenters. The number of carbonyl (C=O) groups excluding carboxylic acids is 2. The van der Waals surface area contributed by atoms with Gasteiger partial charge in [-0.2, -0.15) is 13.2 Å². The number of halogens is 6. The third-order valence-corrected chi connectivity index (χ3v) is 3.76. The predicted octanol–water partition coefficient (Wildman–Crippen LogP) is 3.51. The van der Waals surface area contributed by atoms with Crippen molar-refractivity contribution in [1.29, 1.82) is 0 Å². The quantitative estimate of drug-likeness (QED) is 0.251. The average molecular weight is 383 g/mol. The number of rotatable bonds is 6. The highest BCUT2D eigenvalue weighted by molar-refractivity contribution is 6.25. The maximum Gasteiger partial charge on any atom is 0.426 e. The Morgan fingerprint density at radius 1 is 1.35 bits per heavy atom. The van der Waals surface area contributed by atoms with Gasteiger partial charge in [-0.15, -0.1) is 0 Å². The Hall–Kier alpha value is -2.26. The van der Waals surface area contributed by atoms with Crippen LogP contribution in [-0.4, -0.2) is 36.2 Å². The summed E-state index contributed by atoms with van der Waals surface area (Å²) < 4.78 is 84.4. The van der Waals surface area contributed by atoms with Gasteiger partial charge in [0.05, 0.1) is 12.2 Å². The molecule has 1 saturated carbocycles. The molecule has 2 aliphatic carbocycles. The van der Waals surface area contributed by atoms with Crippen molar-refractivity contribution in [3.8, 4) is 0 Å². The highest BCUT2D eigenvalue weighted by Crippen LogP contribution is 2.46. The molecule has 144 valence electrons. The van der Waals surface area contributed by atoms with Crippen LogP contribution in [0.25, 0.3) is 0 Å². The smallest absolute Gasteiger partial charge is 0.426 e. The minimum atomic E-state index is -5.57. The highest BCUT2D eigenvalue weighted by atomic mass is 19.4. The van der Waals surface area contributed by atoms with Crippen LogP contribution in [0.15, 0.2) is 35.1 Å². The number of Topliss-reactive ketones (excluding diaryl/α,β-unsaturated/α-hetero) is 1. The van der Waals surface area contributed by atoms with Gasteiger partial charge in [-0.05, 0) is 25.8 Å². The minimum Gasteiger partial charge on any atom is -0.462 e. The second-order valence-corrected chi connectivity index (χ2v) is 5.86. The summed E-state index contributed by atoms with van der Waals surface area (Å²) >= 11 is 0. The summed E-state index contributed by atoms with van der Waals surface area (Å²) in [5.74, 6) is -6.68. The molecule has 0 amide bonds. The number of ketones is 1. The van der Waals surface area contributed by atoms with Gasteiger partial charge >= 0.3 is 12.1 Å². The van der Waals surface area contributed by atoms with Crippen LogP contribution in [0.3, 0.4) is 0 Å². The lowest BCUT2D eigenvalue weighted by Gasteiger charge is -2.28. The van der Waals surface area contributed by atoms with E-state index in [1.54, 1.807) is 0 Å². The summed E-state index contributed by atoms with van der Waals surface area (Å²) in [7, 11) is 0. The topological polar surface area (TPSA) is 55.4 Å². The van der Waals surface area contributed by atoms with Crippen LogP contribution in [0.5, 0.6) is 0 Å². The SMILES string of the molecule is CCOC(=O)C(=CNC1CC1)C(=O)C1=C(F)CC(F)(C(F)(F)F)C=C1F. The first kappa shape index (κ1) is 20.1. The van der Waals surface area contributed by atoms with Crippen molar-refractivity contribution in [3.05, 3.63) is 35.1 Å². The molecule has 1 N–H and O–H groups in total. The van der Waals surface area contributed by atoms with Crippen LogP contribution in [0.1, 0.15) is 26.2 Å². The van der Waals surface area contributed by atoms with Crippen molar-refractivity contribution in [2.75, 3.05) is 6.61 Å². The van der Waals surface area contributed by atoms with Gasteiger partial charge in [-0.25, -0.2) is 18.0 Å². The average Bonchev–Trinajstić information content (AvgIpc) is 3.29. The summed E-state index contributed by atoms with van der Waals surface area (Å²) in [6, 6.07) is -0.0264. The number of carbonyl (C=O) groups is 2. The molecule has 0 heterocycles. The van der Waals surface area contributed by atoms with Crippen molar-refractivity contribution in [2.45, 2.75) is 44.1 Å². The fourth-order valence-corrected chi connectivity index (χ4v) is 2.19. The first-order chi connectivity index (χ1) is 12.0. The molecule has 0 saturated heterocycles. The Morgan fingerprint density at radius 3 is 2.42 bits per heavy atom. The zero-order chi connectivity index (χ0) is 19.7. The maximum atomic E-state index is 14.0. The molecular weight excluding hydrogens is 368 g/mol. The van der Waals surface area contributed by atoms with E-state index in [0.29, 0.717) is 0 Å². The lowest BCUT2D eigenvalue weighted by molar-refractivity contribution is -0.213. The number of allylic oxidation sites excluding steroid dienone is 4. The van der Waals surface area contributed by atoms with Gasteiger partial charge in [0.25, 0.3) is 0 Å². The molecule has 0 aromatic rings. The van der Waals surface area contributed by atoms with Gasteiger partial charge in [-0.3, -0.25) is 4.79 Å². The van der Waals surface area contributed by atoms with Gasteiger partial charge in [0.2, 0.25) is 11.5 Å². The Kier molecular flexibility index (Phi) is 5.52. The fourth-order valence-electron chi connectivity index (χ4n) is 2.19. The predicted molar refractivity (Wildman–Crippen MR) is 77.7 cm³/mol. The van der Waals surface area contributed by atoms with Crippen LogP contribution in [-0.2, 0) is 14.3 Å². The largest absolute Gasteiger partial charge is 0.462 e. The minimum absolute atomic E-state index is 0.0264. The Morgan fingerprint density at radius 2 is 1.96 bits per heavy atom. The molecule has 0 radical (unpaired) electrons. The summed E-state index contributed by atoms with van der Waals surface area (Å²) in [4.78, 5) is 24.2. The van der Waals surface area contributed by atoms with Crippen LogP contribution in [0, 0.1) is 0 Å². The van der Waals surface area contributed by atoms with E-state index >= 15 is 0 Å². The second kappa shape index (κ2) is 7.16. The van der Waals surface area contributed by atoms with Gasteiger partial charge < -0.3 is 10.1 Å². The van der Waals surface area contributed by atoms with Crippen LogP contribution < -0.4 is 5.32 Å². The monoisotopic (exact) mass is 383 g/mol. The van der Waals surface area contributed by atoms with Crippen molar-refractivity contribution >= 4 is 11.8 Å². The molecule has 0 spiro atoms. The number of ether oxygens (including phenoxy) is 1. The lowest BCUT2D eigenvalue weighted by Crippen LogP contribution is -2.41. The fraction of sp³-hybridized carbons (Fsp3) is 0.500. The van der Waals surface area contributed by atoms with Crippen LogP contribution >= 0.6 is 0 Å². The van der Waals surface area contributed by atoms with Crippen molar-refractivity contribution in [3.63, 3.8) is 0 Å². The van der Waals surface area contributed by atoms with Gasteiger partial charge in [0, 0.05) is 18.7 Å². The molecule has 4 nitrogen and oxygen atoms in total. The highest BCUT2D eigenvalue weighted by Gasteiger charge is 2.57. The molecular formula is C16H15F6NO3. The molecule has 26 heavy (non-hydrogen) atoms. The number of esters is 1. The summed E-state index contributed by atoms with van der Waals surface area (Å²) in [5, 5.41) is 2.66. The zero-order valence-corrected chi connectivity index (χ0v) is 13.6. The molecule has 2 rings (SSSR count). The standard InChI is InChI=1S/C16H15F6NO3/c1-2-26-14(25)9(7-23-8-3-4-8)13(24)12-10(17)5-15(19,6-11(12)18)16(20,21)22/h5,7-8,23H,2-4,6H2,1H3. The van der Waals surface area contributed by atoms with E-state index in [-0.39, 0.29) is 12.6 Å². The molecule has 2 aliphatic rings. The third-order valence-electron chi connectivity index (χ3n) is 3.76. The molecule has 1 unspecified atom stereocenters. The Balaban J connectivity index is 2.36. The van der Waals surface area contributed by atoms with Crippen molar-refractivity contribution in [1.82, 2.24) is 5.32 Å². The van der Waals surface area contributed by atoms with Crippen molar-refractivity contribution in [2.24, 2.45) is 0 Å². The second-order valence-electron chi connectivity index (χ2n) is 5.86. The van der Waals surface area contributed by atoms with Crippen LogP contribution in [0.2, 0.25) is 0 Å². The van der Waals surface area contributed by atoms with Crippen molar-refractivity contribution < 1.29 is 40.7 Å². The molecule has 0 aromatic heterocycles. The van der Waals surface area contributed by atoms with E-state index < -0.39 is 58.9 Å². The number of nitrogens with one attached hydrogen (secondary N) is 1. The van der Waals surface area contributed by atoms with E-state index in [4.69, 9.17) is 0 Å². The Labute approximate surface area is 144 Å². The normalized spacial score (nSPS) is 24.3. The van der Waals surface area contributed by atoms with E-state index in [0.717, 1.165) is 19.0 Å². The maximum absolute atomic E-state index is 14.0. The molecule has 0 aromatic carbocycles. The van der Waals surface area contributed by atoms with Gasteiger partial charge in [-0.1, -0.05) is 0 Å². The number of alkyl halides is 4. The lowest BCUT2D eigenvalue weighted by atomic mass is 9.88. The Bertz CT molecular complexity index is 705. The summed E-state index contributed by atoms with van der Waals surface area (Å²) in [6.45, 7) is 1.28. The molecule has 10 heteroatoms. The summed E-state index contributed by atoms with van der Waals surface area (Å²) in [6.07, 6.45) is -5.54. The first-order valence-corrected chi connectivity index (χ1v) is 7.71. The summed E-state index contributed by atoms with van der Waals surface area (Å²) in [5.41, 5.74) is -6.48. The molecule has 0 aliphatic heterocycles. The number of hydrogen-bond acceptors (Lipinski definition) is 4. The van der Waals surface area contributed by atoms with E-state index in [1.165, 1.54) is 6.92 Å². The number of hydrogen-bond donors (Lipinski definition) is 1. The third kappa shape index (κ3) is 4.10. The van der Waals surface area contributed by atoms with E-state index in [9.17, 15) is 35.9 Å². The first-order valence-electron chi connectivity index (χ1n) is 7.71. The van der Waals surface area contributed by atoms with E-state index in [1.807, 2.05) is 0 Å². The van der Waals surface area contributed by atoms with E-state index in [2.05, 4.69) is 10.1 Å². The van der Waals surface area contributed by atoms with Gasteiger partial charge in [0.1, 0.15) is 17.2 Å². The molecule has 0 bridgehead atoms.